The maximum atomic E-state index is 9.33. The lowest BCUT2D eigenvalue weighted by Gasteiger charge is -2.27. The summed E-state index contributed by atoms with van der Waals surface area (Å²) in [5, 5.41) is 13.7. The average Bonchev–Trinajstić information content (AvgIpc) is 3.10. The molecule has 3 aromatic rings. The highest BCUT2D eigenvalue weighted by atomic mass is 16.5. The summed E-state index contributed by atoms with van der Waals surface area (Å²) in [6.07, 6.45) is 1.72. The van der Waals surface area contributed by atoms with Gasteiger partial charge in [-0.2, -0.15) is 14.6 Å². The quantitative estimate of drug-likeness (QED) is 0.781. The van der Waals surface area contributed by atoms with Crippen molar-refractivity contribution in [1.82, 2.24) is 19.6 Å². The largest absolute Gasteiger partial charge is 0.392 e. The first-order valence-corrected chi connectivity index (χ1v) is 7.60. The van der Waals surface area contributed by atoms with Crippen LogP contribution in [0.3, 0.4) is 0 Å². The SMILES string of the molecule is OCc1cccc(-c2nc(N3CCOCC3)n3nccc3n2)c1. The van der Waals surface area contributed by atoms with Crippen molar-refractivity contribution in [3.05, 3.63) is 42.1 Å². The molecular formula is C16H17N5O2. The van der Waals surface area contributed by atoms with E-state index in [0.29, 0.717) is 19.0 Å². The summed E-state index contributed by atoms with van der Waals surface area (Å²) in [6, 6.07) is 9.50. The number of fused-ring (bicyclic) bond motifs is 1. The van der Waals surface area contributed by atoms with Crippen LogP contribution >= 0.6 is 0 Å². The lowest BCUT2D eigenvalue weighted by molar-refractivity contribution is 0.122. The van der Waals surface area contributed by atoms with Crippen LogP contribution < -0.4 is 4.90 Å². The predicted octanol–water partition coefficient (Wildman–Crippen LogP) is 1.12. The van der Waals surface area contributed by atoms with Crippen molar-refractivity contribution in [2.75, 3.05) is 31.2 Å². The van der Waals surface area contributed by atoms with Gasteiger partial charge in [0.1, 0.15) is 0 Å². The van der Waals surface area contributed by atoms with E-state index in [1.165, 1.54) is 0 Å². The molecule has 7 nitrogen and oxygen atoms in total. The minimum Gasteiger partial charge on any atom is -0.392 e. The van der Waals surface area contributed by atoms with Gasteiger partial charge in [0.15, 0.2) is 11.5 Å². The molecule has 0 saturated carbocycles. The van der Waals surface area contributed by atoms with Gasteiger partial charge in [0.2, 0.25) is 5.95 Å². The lowest BCUT2D eigenvalue weighted by Crippen LogP contribution is -2.38. The van der Waals surface area contributed by atoms with E-state index in [1.807, 2.05) is 30.3 Å². The van der Waals surface area contributed by atoms with Crippen molar-refractivity contribution in [2.24, 2.45) is 0 Å². The highest BCUT2D eigenvalue weighted by molar-refractivity contribution is 5.61. The number of ether oxygens (including phenoxy) is 1. The number of benzene rings is 1. The molecule has 0 unspecified atom stereocenters. The first-order valence-electron chi connectivity index (χ1n) is 7.60. The molecule has 118 valence electrons. The highest BCUT2D eigenvalue weighted by Crippen LogP contribution is 2.22. The summed E-state index contributed by atoms with van der Waals surface area (Å²) in [7, 11) is 0. The molecule has 0 amide bonds. The lowest BCUT2D eigenvalue weighted by atomic mass is 10.1. The van der Waals surface area contributed by atoms with Gasteiger partial charge in [0, 0.05) is 24.7 Å². The Morgan fingerprint density at radius 3 is 2.83 bits per heavy atom. The average molecular weight is 311 g/mol. The van der Waals surface area contributed by atoms with Crippen molar-refractivity contribution < 1.29 is 9.84 Å². The molecule has 1 aliphatic heterocycles. The third-order valence-corrected chi connectivity index (χ3v) is 3.90. The maximum Gasteiger partial charge on any atom is 0.230 e. The molecular weight excluding hydrogens is 294 g/mol. The second-order valence-electron chi connectivity index (χ2n) is 5.41. The summed E-state index contributed by atoms with van der Waals surface area (Å²) in [6.45, 7) is 2.92. The van der Waals surface area contributed by atoms with Crippen LogP contribution in [-0.2, 0) is 11.3 Å². The molecule has 1 saturated heterocycles. The van der Waals surface area contributed by atoms with Crippen molar-refractivity contribution in [3.63, 3.8) is 0 Å². The van der Waals surface area contributed by atoms with Crippen LogP contribution in [0.2, 0.25) is 0 Å². The third-order valence-electron chi connectivity index (χ3n) is 3.90. The third kappa shape index (κ3) is 2.64. The summed E-state index contributed by atoms with van der Waals surface area (Å²) in [5.74, 6) is 1.41. The summed E-state index contributed by atoms with van der Waals surface area (Å²) < 4.78 is 7.17. The fourth-order valence-corrected chi connectivity index (χ4v) is 2.72. The Bertz CT molecular complexity index is 826. The van der Waals surface area contributed by atoms with E-state index >= 15 is 0 Å². The molecule has 0 atom stereocenters. The van der Waals surface area contributed by atoms with E-state index < -0.39 is 0 Å². The molecule has 1 aromatic carbocycles. The van der Waals surface area contributed by atoms with Gasteiger partial charge < -0.3 is 14.7 Å². The second kappa shape index (κ2) is 5.94. The van der Waals surface area contributed by atoms with Crippen LogP contribution in [0.4, 0.5) is 5.95 Å². The first-order chi connectivity index (χ1) is 11.3. The number of hydrogen-bond acceptors (Lipinski definition) is 6. The Hall–Kier alpha value is -2.51. The van der Waals surface area contributed by atoms with E-state index in [0.717, 1.165) is 35.8 Å². The van der Waals surface area contributed by atoms with Gasteiger partial charge in [0.05, 0.1) is 26.0 Å². The zero-order chi connectivity index (χ0) is 15.6. The van der Waals surface area contributed by atoms with Gasteiger partial charge >= 0.3 is 0 Å². The van der Waals surface area contributed by atoms with Crippen molar-refractivity contribution in [1.29, 1.82) is 0 Å². The first kappa shape index (κ1) is 14.1. The van der Waals surface area contributed by atoms with Crippen LogP contribution in [0.5, 0.6) is 0 Å². The van der Waals surface area contributed by atoms with E-state index in [9.17, 15) is 5.11 Å². The molecule has 1 N–H and O–H groups in total. The fourth-order valence-electron chi connectivity index (χ4n) is 2.72. The van der Waals surface area contributed by atoms with Gasteiger partial charge in [-0.05, 0) is 11.6 Å². The molecule has 23 heavy (non-hydrogen) atoms. The fraction of sp³-hybridized carbons (Fsp3) is 0.312. The zero-order valence-electron chi connectivity index (χ0n) is 12.6. The molecule has 1 aliphatic rings. The van der Waals surface area contributed by atoms with Crippen LogP contribution in [0.25, 0.3) is 17.0 Å². The number of aliphatic hydroxyl groups is 1. The highest BCUT2D eigenvalue weighted by Gasteiger charge is 2.18. The molecule has 0 bridgehead atoms. The number of anilines is 1. The maximum absolute atomic E-state index is 9.33. The Labute approximate surface area is 133 Å². The Balaban J connectivity index is 1.83. The van der Waals surface area contributed by atoms with Gasteiger partial charge in [-0.1, -0.05) is 18.2 Å². The smallest absolute Gasteiger partial charge is 0.230 e. The van der Waals surface area contributed by atoms with Crippen molar-refractivity contribution in [2.45, 2.75) is 6.61 Å². The minimum atomic E-state index is -0.000905. The van der Waals surface area contributed by atoms with Gasteiger partial charge in [0.25, 0.3) is 0 Å². The monoisotopic (exact) mass is 311 g/mol. The standard InChI is InChI=1S/C16H17N5O2/c22-11-12-2-1-3-13(10-12)15-18-14-4-5-17-21(14)16(19-15)20-6-8-23-9-7-20/h1-5,10,22H,6-9,11H2. The summed E-state index contributed by atoms with van der Waals surface area (Å²) >= 11 is 0. The van der Waals surface area contributed by atoms with Crippen LogP contribution in [0.1, 0.15) is 5.56 Å². The summed E-state index contributed by atoms with van der Waals surface area (Å²) in [4.78, 5) is 11.5. The normalized spacial score (nSPS) is 15.3. The number of nitrogens with zero attached hydrogens (tertiary/aromatic N) is 5. The van der Waals surface area contributed by atoms with E-state index in [4.69, 9.17) is 9.72 Å². The molecule has 0 spiro atoms. The van der Waals surface area contributed by atoms with E-state index in [2.05, 4.69) is 15.0 Å². The molecule has 0 aliphatic carbocycles. The van der Waals surface area contributed by atoms with Crippen molar-refractivity contribution >= 4 is 11.6 Å². The molecule has 0 radical (unpaired) electrons. The minimum absolute atomic E-state index is 0.000905. The van der Waals surface area contributed by atoms with E-state index in [1.54, 1.807) is 10.7 Å². The Morgan fingerprint density at radius 1 is 1.13 bits per heavy atom. The Morgan fingerprint density at radius 2 is 2.00 bits per heavy atom. The van der Waals surface area contributed by atoms with Gasteiger partial charge in [-0.15, -0.1) is 0 Å². The zero-order valence-corrected chi connectivity index (χ0v) is 12.6. The number of aliphatic hydroxyl groups excluding tert-OH is 1. The number of hydrogen-bond donors (Lipinski definition) is 1. The number of aromatic nitrogens is 4. The molecule has 4 rings (SSSR count). The van der Waals surface area contributed by atoms with Crippen molar-refractivity contribution in [3.8, 4) is 11.4 Å². The summed E-state index contributed by atoms with van der Waals surface area (Å²) in [5.41, 5.74) is 2.48. The van der Waals surface area contributed by atoms with E-state index in [-0.39, 0.29) is 6.61 Å². The van der Waals surface area contributed by atoms with Crippen LogP contribution in [0.15, 0.2) is 36.5 Å². The molecule has 3 heterocycles. The molecule has 2 aromatic heterocycles. The second-order valence-corrected chi connectivity index (χ2v) is 5.41. The van der Waals surface area contributed by atoms with Crippen LogP contribution in [-0.4, -0.2) is 51.0 Å². The van der Waals surface area contributed by atoms with Gasteiger partial charge in [-0.3, -0.25) is 0 Å². The molecule has 1 fully saturated rings. The number of morpholine rings is 1. The predicted molar refractivity (Wildman–Crippen MR) is 85.2 cm³/mol. The number of rotatable bonds is 3. The van der Waals surface area contributed by atoms with Gasteiger partial charge in [-0.25, -0.2) is 4.98 Å². The Kier molecular flexibility index (Phi) is 3.64. The van der Waals surface area contributed by atoms with Crippen LogP contribution in [0, 0.1) is 0 Å². The molecule has 7 heteroatoms. The topological polar surface area (TPSA) is 75.8 Å².